The first-order chi connectivity index (χ1) is 9.24. The third kappa shape index (κ3) is 2.26. The average molecular weight is 297 g/mol. The summed E-state index contributed by atoms with van der Waals surface area (Å²) in [5.41, 5.74) is 1.06. The SMILES string of the molecule is ClCc1nc(C2(c3ccc(Cl)cc3)CCCC2)no1. The number of benzene rings is 1. The minimum absolute atomic E-state index is 0.140. The van der Waals surface area contributed by atoms with Crippen LogP contribution >= 0.6 is 23.2 Å². The van der Waals surface area contributed by atoms with E-state index in [9.17, 15) is 0 Å². The Morgan fingerprint density at radius 2 is 1.84 bits per heavy atom. The number of aromatic nitrogens is 2. The molecule has 1 fully saturated rings. The fourth-order valence-electron chi connectivity index (χ4n) is 2.89. The Morgan fingerprint density at radius 1 is 1.16 bits per heavy atom. The van der Waals surface area contributed by atoms with Crippen molar-refractivity contribution in [3.05, 3.63) is 46.6 Å². The zero-order chi connectivity index (χ0) is 13.3. The van der Waals surface area contributed by atoms with E-state index in [1.54, 1.807) is 0 Å². The fraction of sp³-hybridized carbons (Fsp3) is 0.429. The van der Waals surface area contributed by atoms with Crippen molar-refractivity contribution in [1.82, 2.24) is 10.1 Å². The molecule has 0 saturated heterocycles. The van der Waals surface area contributed by atoms with Crippen LogP contribution in [0, 0.1) is 0 Å². The average Bonchev–Trinajstić information content (AvgIpc) is 3.09. The van der Waals surface area contributed by atoms with Crippen molar-refractivity contribution in [3.8, 4) is 0 Å². The first-order valence-corrected chi connectivity index (χ1v) is 7.31. The maximum Gasteiger partial charge on any atom is 0.241 e. The molecule has 100 valence electrons. The van der Waals surface area contributed by atoms with E-state index >= 15 is 0 Å². The van der Waals surface area contributed by atoms with E-state index < -0.39 is 0 Å². The summed E-state index contributed by atoms with van der Waals surface area (Å²) in [4.78, 5) is 4.44. The second kappa shape index (κ2) is 5.14. The molecule has 3 rings (SSSR count). The Kier molecular flexibility index (Phi) is 3.50. The second-order valence-electron chi connectivity index (χ2n) is 4.94. The second-order valence-corrected chi connectivity index (χ2v) is 5.65. The predicted octanol–water partition coefficient (Wildman–Crippen LogP) is 4.32. The molecular formula is C14H14Cl2N2O. The monoisotopic (exact) mass is 296 g/mol. The lowest BCUT2D eigenvalue weighted by Gasteiger charge is -2.25. The minimum Gasteiger partial charge on any atom is -0.338 e. The van der Waals surface area contributed by atoms with E-state index in [0.717, 1.165) is 23.7 Å². The molecule has 19 heavy (non-hydrogen) atoms. The van der Waals surface area contributed by atoms with Crippen LogP contribution in [0.2, 0.25) is 5.02 Å². The molecule has 0 atom stereocenters. The zero-order valence-electron chi connectivity index (χ0n) is 10.4. The third-order valence-electron chi connectivity index (χ3n) is 3.86. The van der Waals surface area contributed by atoms with Crippen LogP contribution in [0.25, 0.3) is 0 Å². The highest BCUT2D eigenvalue weighted by atomic mass is 35.5. The largest absolute Gasteiger partial charge is 0.338 e. The highest BCUT2D eigenvalue weighted by Gasteiger charge is 2.41. The maximum atomic E-state index is 5.97. The summed E-state index contributed by atoms with van der Waals surface area (Å²) < 4.78 is 5.18. The van der Waals surface area contributed by atoms with Gasteiger partial charge in [0.05, 0.1) is 5.41 Å². The molecule has 1 aliphatic rings. The number of hydrogen-bond donors (Lipinski definition) is 0. The van der Waals surface area contributed by atoms with E-state index in [-0.39, 0.29) is 11.3 Å². The van der Waals surface area contributed by atoms with Gasteiger partial charge in [0, 0.05) is 5.02 Å². The van der Waals surface area contributed by atoms with Crippen molar-refractivity contribution in [2.45, 2.75) is 37.0 Å². The molecule has 1 aromatic heterocycles. The van der Waals surface area contributed by atoms with Gasteiger partial charge in [-0.1, -0.05) is 41.7 Å². The van der Waals surface area contributed by atoms with Gasteiger partial charge >= 0.3 is 0 Å². The number of alkyl halides is 1. The molecule has 0 amide bonds. The summed E-state index contributed by atoms with van der Waals surface area (Å²) >= 11 is 11.7. The van der Waals surface area contributed by atoms with E-state index in [2.05, 4.69) is 22.3 Å². The third-order valence-corrected chi connectivity index (χ3v) is 4.34. The van der Waals surface area contributed by atoms with Crippen LogP contribution in [0.4, 0.5) is 0 Å². The van der Waals surface area contributed by atoms with Crippen LogP contribution in [-0.4, -0.2) is 10.1 Å². The van der Waals surface area contributed by atoms with Gasteiger partial charge in [-0.15, -0.1) is 11.6 Å². The van der Waals surface area contributed by atoms with Crippen LogP contribution in [0.15, 0.2) is 28.8 Å². The quantitative estimate of drug-likeness (QED) is 0.792. The van der Waals surface area contributed by atoms with Crippen molar-refractivity contribution in [1.29, 1.82) is 0 Å². The minimum atomic E-state index is -0.140. The van der Waals surface area contributed by atoms with Crippen molar-refractivity contribution < 1.29 is 4.52 Å². The number of hydrogen-bond acceptors (Lipinski definition) is 3. The van der Waals surface area contributed by atoms with E-state index in [4.69, 9.17) is 27.7 Å². The fourth-order valence-corrected chi connectivity index (χ4v) is 3.13. The highest BCUT2D eigenvalue weighted by Crippen LogP contribution is 2.45. The van der Waals surface area contributed by atoms with Gasteiger partial charge in [0.25, 0.3) is 0 Å². The van der Waals surface area contributed by atoms with Crippen LogP contribution in [-0.2, 0) is 11.3 Å². The van der Waals surface area contributed by atoms with Gasteiger partial charge in [-0.3, -0.25) is 0 Å². The molecule has 1 aromatic carbocycles. The number of halogens is 2. The van der Waals surface area contributed by atoms with Gasteiger partial charge in [0.2, 0.25) is 5.89 Å². The molecule has 1 heterocycles. The molecule has 0 unspecified atom stereocenters. The molecule has 0 radical (unpaired) electrons. The molecule has 5 heteroatoms. The highest BCUT2D eigenvalue weighted by molar-refractivity contribution is 6.30. The van der Waals surface area contributed by atoms with Crippen LogP contribution in [0.5, 0.6) is 0 Å². The van der Waals surface area contributed by atoms with Crippen molar-refractivity contribution in [2.75, 3.05) is 0 Å². The van der Waals surface area contributed by atoms with Crippen molar-refractivity contribution in [2.24, 2.45) is 0 Å². The topological polar surface area (TPSA) is 38.9 Å². The zero-order valence-corrected chi connectivity index (χ0v) is 11.9. The van der Waals surface area contributed by atoms with Crippen LogP contribution < -0.4 is 0 Å². The van der Waals surface area contributed by atoms with Gasteiger partial charge in [0.1, 0.15) is 5.88 Å². The Balaban J connectivity index is 2.05. The van der Waals surface area contributed by atoms with Gasteiger partial charge in [-0.25, -0.2) is 0 Å². The lowest BCUT2D eigenvalue weighted by atomic mass is 9.78. The van der Waals surface area contributed by atoms with Gasteiger partial charge < -0.3 is 4.52 Å². The summed E-state index contributed by atoms with van der Waals surface area (Å²) in [5.74, 6) is 1.49. The molecular weight excluding hydrogens is 283 g/mol. The molecule has 1 aliphatic carbocycles. The van der Waals surface area contributed by atoms with Crippen LogP contribution in [0.1, 0.15) is 43.0 Å². The predicted molar refractivity (Wildman–Crippen MR) is 74.6 cm³/mol. The van der Waals surface area contributed by atoms with Crippen molar-refractivity contribution >= 4 is 23.2 Å². The number of nitrogens with zero attached hydrogens (tertiary/aromatic N) is 2. The van der Waals surface area contributed by atoms with Gasteiger partial charge in [0.15, 0.2) is 5.82 Å². The Morgan fingerprint density at radius 3 is 2.42 bits per heavy atom. The first-order valence-electron chi connectivity index (χ1n) is 6.40. The summed E-state index contributed by atoms with van der Waals surface area (Å²) in [6, 6.07) is 7.95. The van der Waals surface area contributed by atoms with E-state index in [0.29, 0.717) is 5.89 Å². The molecule has 0 bridgehead atoms. The molecule has 1 saturated carbocycles. The number of rotatable bonds is 3. The Labute approximate surface area is 121 Å². The lowest BCUT2D eigenvalue weighted by Crippen LogP contribution is -2.25. The normalized spacial score (nSPS) is 17.8. The Bertz CT molecular complexity index is 559. The van der Waals surface area contributed by atoms with Crippen molar-refractivity contribution in [3.63, 3.8) is 0 Å². The van der Waals surface area contributed by atoms with Gasteiger partial charge in [-0.2, -0.15) is 4.98 Å². The first kappa shape index (κ1) is 12.9. The maximum absolute atomic E-state index is 5.97. The van der Waals surface area contributed by atoms with E-state index in [1.807, 2.05) is 12.1 Å². The van der Waals surface area contributed by atoms with Gasteiger partial charge in [-0.05, 0) is 30.5 Å². The van der Waals surface area contributed by atoms with E-state index in [1.165, 1.54) is 18.4 Å². The summed E-state index contributed by atoms with van der Waals surface area (Å²) in [5, 5.41) is 4.88. The summed E-state index contributed by atoms with van der Waals surface area (Å²) in [6.07, 6.45) is 4.42. The molecule has 3 nitrogen and oxygen atoms in total. The summed E-state index contributed by atoms with van der Waals surface area (Å²) in [7, 11) is 0. The smallest absolute Gasteiger partial charge is 0.241 e. The lowest BCUT2D eigenvalue weighted by molar-refractivity contribution is 0.368. The standard InChI is InChI=1S/C14H14Cl2N2O/c15-9-12-17-13(18-19-12)14(7-1-2-8-14)10-3-5-11(16)6-4-10/h3-6H,1-2,7-9H2. The van der Waals surface area contributed by atoms with Crippen LogP contribution in [0.3, 0.4) is 0 Å². The summed E-state index contributed by atoms with van der Waals surface area (Å²) in [6.45, 7) is 0. The molecule has 0 spiro atoms. The molecule has 0 aliphatic heterocycles. The molecule has 0 N–H and O–H groups in total. The molecule has 2 aromatic rings. The Hall–Kier alpha value is -1.06.